The largest absolute Gasteiger partial charge is 0.462 e. The van der Waals surface area contributed by atoms with Crippen LogP contribution in [0.1, 0.15) is 124 Å². The van der Waals surface area contributed by atoms with Gasteiger partial charge in [-0.1, -0.05) is 59.6 Å². The first-order chi connectivity index (χ1) is 18.6. The molecule has 5 heteroatoms. The number of aliphatic hydroxyl groups is 1. The van der Waals surface area contributed by atoms with Crippen LogP contribution in [0.5, 0.6) is 0 Å². The molecule has 2 aliphatic rings. The van der Waals surface area contributed by atoms with Gasteiger partial charge >= 0.3 is 5.97 Å². The number of carbonyl (C=O) groups excluding carboxylic acids is 1. The Morgan fingerprint density at radius 3 is 2.36 bits per heavy atom. The van der Waals surface area contributed by atoms with Crippen LogP contribution >= 0.6 is 0 Å². The minimum Gasteiger partial charge on any atom is -0.462 e. The van der Waals surface area contributed by atoms with Crippen LogP contribution in [0.3, 0.4) is 0 Å². The minimum absolute atomic E-state index is 0.0482. The molecule has 1 aliphatic carbocycles. The summed E-state index contributed by atoms with van der Waals surface area (Å²) >= 11 is 0. The molecule has 0 saturated carbocycles. The number of ether oxygens (including phenoxy) is 2. The van der Waals surface area contributed by atoms with Crippen LogP contribution in [0.15, 0.2) is 23.8 Å². The highest BCUT2D eigenvalue weighted by Crippen LogP contribution is 2.51. The normalized spacial score (nSPS) is 25.1. The average molecular weight is 542 g/mol. The van der Waals surface area contributed by atoms with Gasteiger partial charge in [0.1, 0.15) is 6.10 Å². The van der Waals surface area contributed by atoms with E-state index in [2.05, 4.69) is 71.6 Å². The van der Waals surface area contributed by atoms with Crippen LogP contribution in [0.4, 0.5) is 5.69 Å². The second kappa shape index (κ2) is 14.2. The zero-order valence-corrected chi connectivity index (χ0v) is 25.9. The SMILES string of the molecule is CCCOC1(C)CC(c2ccc(N(CCC)CCC)c(CCC)c2)=C(CC[C@@H]2C[C@@H](O)CC(=O)O2)C(C)(C)C1. The van der Waals surface area contributed by atoms with Gasteiger partial charge in [-0.15, -0.1) is 0 Å². The van der Waals surface area contributed by atoms with E-state index in [1.807, 2.05) is 0 Å². The maximum atomic E-state index is 12.0. The molecule has 1 aliphatic heterocycles. The lowest BCUT2D eigenvalue weighted by atomic mass is 9.64. The van der Waals surface area contributed by atoms with E-state index in [0.717, 1.165) is 77.5 Å². The monoisotopic (exact) mass is 541 g/mol. The number of allylic oxidation sites excluding steroid dienone is 1. The molecular weight excluding hydrogens is 486 g/mol. The molecule has 5 nitrogen and oxygen atoms in total. The van der Waals surface area contributed by atoms with Crippen molar-refractivity contribution in [1.29, 1.82) is 0 Å². The van der Waals surface area contributed by atoms with Crippen LogP contribution in [-0.4, -0.2) is 48.6 Å². The van der Waals surface area contributed by atoms with Crippen molar-refractivity contribution >= 4 is 17.2 Å². The summed E-state index contributed by atoms with van der Waals surface area (Å²) < 4.78 is 12.2. The number of hydrogen-bond donors (Lipinski definition) is 1. The standard InChI is InChI=1S/C34H55NO4/c1-8-12-26-20-25(13-16-31(26)35(17-9-2)18-10-3)29-23-34(7,38-19-11-4)24-33(5,6)30(29)15-14-28-21-27(36)22-32(37)39-28/h13,16,20,27-28,36H,8-12,14-15,17-19,21-24H2,1-7H3/t27-,28-,34?/m1/s1. The molecule has 1 saturated heterocycles. The number of carbonyl (C=O) groups is 1. The highest BCUT2D eigenvalue weighted by molar-refractivity contribution is 5.74. The Morgan fingerprint density at radius 2 is 1.74 bits per heavy atom. The minimum atomic E-state index is -0.590. The molecule has 0 bridgehead atoms. The number of aryl methyl sites for hydroxylation is 1. The Hall–Kier alpha value is -1.85. The fraction of sp³-hybridized carbons (Fsp3) is 0.735. The molecule has 0 radical (unpaired) electrons. The van der Waals surface area contributed by atoms with Gasteiger partial charge in [0, 0.05) is 38.2 Å². The van der Waals surface area contributed by atoms with Crippen molar-refractivity contribution in [2.75, 3.05) is 24.6 Å². The number of benzene rings is 1. The molecular formula is C34H55NO4. The average Bonchev–Trinajstić information content (AvgIpc) is 2.86. The van der Waals surface area contributed by atoms with Crippen molar-refractivity contribution in [2.24, 2.45) is 5.41 Å². The molecule has 1 aromatic carbocycles. The molecule has 39 heavy (non-hydrogen) atoms. The van der Waals surface area contributed by atoms with Crippen LogP contribution < -0.4 is 4.90 Å². The molecule has 1 unspecified atom stereocenters. The van der Waals surface area contributed by atoms with E-state index in [9.17, 15) is 9.90 Å². The third-order valence-electron chi connectivity index (χ3n) is 8.43. The number of esters is 1. The Bertz CT molecular complexity index is 977. The van der Waals surface area contributed by atoms with Crippen molar-refractivity contribution in [2.45, 2.75) is 137 Å². The van der Waals surface area contributed by atoms with E-state index in [1.165, 1.54) is 28.0 Å². The molecule has 0 aromatic heterocycles. The molecule has 0 spiro atoms. The van der Waals surface area contributed by atoms with Crippen LogP contribution in [-0.2, 0) is 20.7 Å². The summed E-state index contributed by atoms with van der Waals surface area (Å²) in [6, 6.07) is 7.16. The van der Waals surface area contributed by atoms with Crippen molar-refractivity contribution in [3.63, 3.8) is 0 Å². The fourth-order valence-corrected chi connectivity index (χ4v) is 7.00. The summed E-state index contributed by atoms with van der Waals surface area (Å²) in [4.78, 5) is 14.6. The number of cyclic esters (lactones) is 1. The zero-order chi connectivity index (χ0) is 28.6. The lowest BCUT2D eigenvalue weighted by Crippen LogP contribution is -2.41. The van der Waals surface area contributed by atoms with E-state index in [1.54, 1.807) is 0 Å². The molecule has 1 aromatic rings. The van der Waals surface area contributed by atoms with Crippen LogP contribution in [0.2, 0.25) is 0 Å². The first-order valence-corrected chi connectivity index (χ1v) is 15.7. The topological polar surface area (TPSA) is 59.0 Å². The number of hydrogen-bond acceptors (Lipinski definition) is 5. The Balaban J connectivity index is 2.05. The Kier molecular flexibility index (Phi) is 11.5. The van der Waals surface area contributed by atoms with Crippen molar-refractivity contribution < 1.29 is 19.4 Å². The third kappa shape index (κ3) is 8.33. The smallest absolute Gasteiger partial charge is 0.308 e. The van der Waals surface area contributed by atoms with Crippen LogP contribution in [0.25, 0.3) is 5.57 Å². The van der Waals surface area contributed by atoms with E-state index < -0.39 is 6.10 Å². The number of anilines is 1. The predicted octanol–water partition coefficient (Wildman–Crippen LogP) is 7.87. The molecule has 1 N–H and O–H groups in total. The second-order valence-corrected chi connectivity index (χ2v) is 12.8. The fourth-order valence-electron chi connectivity index (χ4n) is 7.00. The highest BCUT2D eigenvalue weighted by Gasteiger charge is 2.43. The summed E-state index contributed by atoms with van der Waals surface area (Å²) in [6.07, 6.45) is 8.78. The van der Waals surface area contributed by atoms with Gasteiger partial charge in [0.2, 0.25) is 0 Å². The highest BCUT2D eigenvalue weighted by atomic mass is 16.5. The van der Waals surface area contributed by atoms with Gasteiger partial charge in [0.05, 0.1) is 18.1 Å². The second-order valence-electron chi connectivity index (χ2n) is 12.8. The summed E-state index contributed by atoms with van der Waals surface area (Å²) in [5, 5.41) is 10.2. The predicted molar refractivity (Wildman–Crippen MR) is 162 cm³/mol. The lowest BCUT2D eigenvalue weighted by Gasteiger charge is -2.46. The van der Waals surface area contributed by atoms with E-state index >= 15 is 0 Å². The van der Waals surface area contributed by atoms with Crippen molar-refractivity contribution in [1.82, 2.24) is 0 Å². The number of rotatable bonds is 14. The van der Waals surface area contributed by atoms with Gasteiger partial charge in [0.25, 0.3) is 0 Å². The molecule has 3 rings (SSSR count). The molecule has 1 fully saturated rings. The van der Waals surface area contributed by atoms with Crippen LogP contribution in [0, 0.1) is 5.41 Å². The third-order valence-corrected chi connectivity index (χ3v) is 8.43. The molecule has 220 valence electrons. The van der Waals surface area contributed by atoms with Crippen molar-refractivity contribution in [3.05, 3.63) is 34.9 Å². The first kappa shape index (κ1) is 31.7. The molecule has 0 amide bonds. The first-order valence-electron chi connectivity index (χ1n) is 15.7. The summed E-state index contributed by atoms with van der Waals surface area (Å²) in [7, 11) is 0. The lowest BCUT2D eigenvalue weighted by molar-refractivity contribution is -0.160. The van der Waals surface area contributed by atoms with Gasteiger partial charge in [-0.05, 0) is 86.1 Å². The van der Waals surface area contributed by atoms with Gasteiger partial charge in [-0.25, -0.2) is 0 Å². The van der Waals surface area contributed by atoms with Gasteiger partial charge in [-0.3, -0.25) is 4.79 Å². The number of nitrogens with zero attached hydrogens (tertiary/aromatic N) is 1. The Labute approximate surface area is 238 Å². The number of aliphatic hydroxyl groups excluding tert-OH is 1. The van der Waals surface area contributed by atoms with E-state index in [0.29, 0.717) is 6.42 Å². The van der Waals surface area contributed by atoms with Gasteiger partial charge in [-0.2, -0.15) is 0 Å². The quantitative estimate of drug-likeness (QED) is 0.243. The summed E-state index contributed by atoms with van der Waals surface area (Å²) in [5.74, 6) is -0.278. The van der Waals surface area contributed by atoms with E-state index in [-0.39, 0.29) is 29.5 Å². The van der Waals surface area contributed by atoms with Gasteiger partial charge < -0.3 is 19.5 Å². The molecule has 1 heterocycles. The van der Waals surface area contributed by atoms with E-state index in [4.69, 9.17) is 9.47 Å². The zero-order valence-electron chi connectivity index (χ0n) is 25.9. The maximum Gasteiger partial charge on any atom is 0.308 e. The van der Waals surface area contributed by atoms with Gasteiger partial charge in [0.15, 0.2) is 0 Å². The Morgan fingerprint density at radius 1 is 1.03 bits per heavy atom. The summed E-state index contributed by atoms with van der Waals surface area (Å²) in [6.45, 7) is 18.9. The maximum absolute atomic E-state index is 12.0. The van der Waals surface area contributed by atoms with Crippen molar-refractivity contribution in [3.8, 4) is 0 Å². The summed E-state index contributed by atoms with van der Waals surface area (Å²) in [5.41, 5.74) is 6.71. The molecule has 3 atom stereocenters.